The van der Waals surface area contributed by atoms with Gasteiger partial charge in [0, 0.05) is 17.1 Å². The van der Waals surface area contributed by atoms with Crippen LogP contribution in [0.4, 0.5) is 5.69 Å². The molecule has 4 aromatic rings. The Kier molecular flexibility index (Phi) is 4.94. The van der Waals surface area contributed by atoms with Crippen LogP contribution in [0.15, 0.2) is 69.9 Å². The summed E-state index contributed by atoms with van der Waals surface area (Å²) in [6.07, 6.45) is 0. The van der Waals surface area contributed by atoms with Gasteiger partial charge in [0.05, 0.1) is 17.1 Å². The third-order valence-corrected chi connectivity index (χ3v) is 5.28. The Balaban J connectivity index is 1.63. The van der Waals surface area contributed by atoms with E-state index in [1.807, 2.05) is 54.6 Å². The van der Waals surface area contributed by atoms with Crippen molar-refractivity contribution in [3.8, 4) is 16.9 Å². The SMILES string of the molecule is Cc1c(NC(=O)c2cc(-c3ccc(Br)cc3)n[nH]2)c(=O)n(-c2ccccc2)n1C. The average Bonchev–Trinajstić information content (AvgIpc) is 3.29. The summed E-state index contributed by atoms with van der Waals surface area (Å²) in [6, 6.07) is 18.6. The van der Waals surface area contributed by atoms with Crippen LogP contribution in [0.1, 0.15) is 16.2 Å². The first-order valence-electron chi connectivity index (χ1n) is 8.92. The quantitative estimate of drug-likeness (QED) is 0.493. The minimum atomic E-state index is -0.424. The monoisotopic (exact) mass is 451 g/mol. The van der Waals surface area contributed by atoms with E-state index in [1.165, 1.54) is 4.68 Å². The van der Waals surface area contributed by atoms with E-state index >= 15 is 0 Å². The van der Waals surface area contributed by atoms with Crippen LogP contribution >= 0.6 is 15.9 Å². The van der Waals surface area contributed by atoms with Crippen molar-refractivity contribution in [1.82, 2.24) is 19.6 Å². The van der Waals surface area contributed by atoms with Gasteiger partial charge in [-0.05, 0) is 37.3 Å². The first-order valence-corrected chi connectivity index (χ1v) is 9.71. The summed E-state index contributed by atoms with van der Waals surface area (Å²) in [5.41, 5.74) is 3.12. The molecule has 0 bridgehead atoms. The number of rotatable bonds is 4. The highest BCUT2D eigenvalue weighted by Crippen LogP contribution is 2.21. The molecule has 0 aliphatic rings. The molecule has 4 rings (SSSR count). The third-order valence-electron chi connectivity index (χ3n) is 4.76. The number of para-hydroxylation sites is 1. The van der Waals surface area contributed by atoms with Crippen LogP contribution < -0.4 is 10.9 Å². The van der Waals surface area contributed by atoms with Crippen molar-refractivity contribution < 1.29 is 4.79 Å². The lowest BCUT2D eigenvalue weighted by molar-refractivity contribution is 0.102. The third kappa shape index (κ3) is 3.54. The van der Waals surface area contributed by atoms with E-state index in [1.54, 1.807) is 24.7 Å². The number of carbonyl (C=O) groups excluding carboxylic acids is 1. The van der Waals surface area contributed by atoms with E-state index in [0.717, 1.165) is 15.7 Å². The number of amides is 1. The van der Waals surface area contributed by atoms with Crippen LogP contribution in [-0.4, -0.2) is 25.5 Å². The predicted molar refractivity (Wildman–Crippen MR) is 115 cm³/mol. The second-order valence-corrected chi connectivity index (χ2v) is 7.48. The van der Waals surface area contributed by atoms with Gasteiger partial charge in [0.1, 0.15) is 11.4 Å². The Morgan fingerprint density at radius 2 is 1.79 bits per heavy atom. The Morgan fingerprint density at radius 3 is 2.48 bits per heavy atom. The number of carbonyl (C=O) groups is 1. The topological polar surface area (TPSA) is 84.7 Å². The van der Waals surface area contributed by atoms with Gasteiger partial charge in [0.2, 0.25) is 0 Å². The number of nitrogens with zero attached hydrogens (tertiary/aromatic N) is 3. The normalized spacial score (nSPS) is 10.9. The first-order chi connectivity index (χ1) is 14.0. The van der Waals surface area contributed by atoms with Crippen molar-refractivity contribution in [3.63, 3.8) is 0 Å². The van der Waals surface area contributed by atoms with Gasteiger partial charge in [-0.2, -0.15) is 5.10 Å². The molecule has 0 atom stereocenters. The van der Waals surface area contributed by atoms with E-state index in [4.69, 9.17) is 0 Å². The maximum absolute atomic E-state index is 12.9. The zero-order chi connectivity index (χ0) is 20.5. The van der Waals surface area contributed by atoms with Crippen LogP contribution in [-0.2, 0) is 7.05 Å². The second kappa shape index (κ2) is 7.56. The van der Waals surface area contributed by atoms with Crippen molar-refractivity contribution >= 4 is 27.5 Å². The van der Waals surface area contributed by atoms with E-state index in [-0.39, 0.29) is 16.9 Å². The number of nitrogens with one attached hydrogen (secondary N) is 2. The molecule has 2 N–H and O–H groups in total. The zero-order valence-corrected chi connectivity index (χ0v) is 17.4. The highest BCUT2D eigenvalue weighted by atomic mass is 79.9. The van der Waals surface area contributed by atoms with Gasteiger partial charge in [-0.25, -0.2) is 4.68 Å². The minimum Gasteiger partial charge on any atom is -0.314 e. The van der Waals surface area contributed by atoms with E-state index in [9.17, 15) is 9.59 Å². The molecule has 2 aromatic carbocycles. The van der Waals surface area contributed by atoms with Gasteiger partial charge in [0.25, 0.3) is 11.5 Å². The van der Waals surface area contributed by atoms with Gasteiger partial charge in [-0.1, -0.05) is 46.3 Å². The number of benzene rings is 2. The molecule has 2 aromatic heterocycles. The molecule has 1 amide bonds. The summed E-state index contributed by atoms with van der Waals surface area (Å²) in [5, 5.41) is 9.67. The molecule has 0 saturated carbocycles. The average molecular weight is 452 g/mol. The Morgan fingerprint density at radius 1 is 1.10 bits per heavy atom. The molecule has 0 unspecified atom stereocenters. The van der Waals surface area contributed by atoms with Crippen molar-refractivity contribution in [2.75, 3.05) is 5.32 Å². The van der Waals surface area contributed by atoms with Crippen molar-refractivity contribution in [2.45, 2.75) is 6.92 Å². The standard InChI is InChI=1S/C21H18BrN5O2/c1-13-19(21(29)27(26(13)2)16-6-4-3-5-7-16)23-20(28)18-12-17(24-25-18)14-8-10-15(22)11-9-14/h3-12H,1-2H3,(H,23,28)(H,24,25). The molecular weight excluding hydrogens is 434 g/mol. The summed E-state index contributed by atoms with van der Waals surface area (Å²) >= 11 is 3.40. The molecule has 0 spiro atoms. The number of aromatic nitrogens is 4. The van der Waals surface area contributed by atoms with Crippen LogP contribution in [0.5, 0.6) is 0 Å². The Bertz CT molecular complexity index is 1240. The van der Waals surface area contributed by atoms with Crippen LogP contribution in [0, 0.1) is 6.92 Å². The lowest BCUT2D eigenvalue weighted by atomic mass is 10.1. The van der Waals surface area contributed by atoms with Gasteiger partial charge in [-0.3, -0.25) is 19.4 Å². The number of aromatic amines is 1. The first kappa shape index (κ1) is 18.9. The lowest BCUT2D eigenvalue weighted by Crippen LogP contribution is -2.23. The van der Waals surface area contributed by atoms with Crippen LogP contribution in [0.2, 0.25) is 0 Å². The Hall–Kier alpha value is -3.39. The maximum Gasteiger partial charge on any atom is 0.295 e. The molecule has 0 radical (unpaired) electrons. The van der Waals surface area contributed by atoms with Gasteiger partial charge >= 0.3 is 0 Å². The zero-order valence-electron chi connectivity index (χ0n) is 15.8. The Labute approximate surface area is 175 Å². The van der Waals surface area contributed by atoms with Crippen LogP contribution in [0.25, 0.3) is 16.9 Å². The fraction of sp³-hybridized carbons (Fsp3) is 0.0952. The fourth-order valence-corrected chi connectivity index (χ4v) is 3.36. The van der Waals surface area contributed by atoms with Gasteiger partial charge in [-0.15, -0.1) is 0 Å². The van der Waals surface area contributed by atoms with Crippen molar-refractivity contribution in [3.05, 3.63) is 86.9 Å². The maximum atomic E-state index is 12.9. The molecule has 29 heavy (non-hydrogen) atoms. The fourth-order valence-electron chi connectivity index (χ4n) is 3.10. The van der Waals surface area contributed by atoms with Gasteiger partial charge < -0.3 is 5.32 Å². The molecular formula is C21H18BrN5O2. The molecule has 0 fully saturated rings. The summed E-state index contributed by atoms with van der Waals surface area (Å²) < 4.78 is 4.20. The minimum absolute atomic E-state index is 0.237. The predicted octanol–water partition coefficient (Wildman–Crippen LogP) is 3.89. The summed E-state index contributed by atoms with van der Waals surface area (Å²) in [5.74, 6) is -0.424. The molecule has 0 saturated heterocycles. The number of hydrogen-bond acceptors (Lipinski definition) is 3. The summed E-state index contributed by atoms with van der Waals surface area (Å²) in [7, 11) is 1.78. The largest absolute Gasteiger partial charge is 0.314 e. The molecule has 7 nitrogen and oxygen atoms in total. The lowest BCUT2D eigenvalue weighted by Gasteiger charge is -2.07. The summed E-state index contributed by atoms with van der Waals surface area (Å²) in [4.78, 5) is 25.7. The number of H-pyrrole nitrogens is 1. The molecule has 2 heterocycles. The highest BCUT2D eigenvalue weighted by molar-refractivity contribution is 9.10. The highest BCUT2D eigenvalue weighted by Gasteiger charge is 2.20. The summed E-state index contributed by atoms with van der Waals surface area (Å²) in [6.45, 7) is 1.79. The number of halogens is 1. The van der Waals surface area contributed by atoms with E-state index in [0.29, 0.717) is 11.4 Å². The van der Waals surface area contributed by atoms with Gasteiger partial charge in [0.15, 0.2) is 0 Å². The van der Waals surface area contributed by atoms with Crippen molar-refractivity contribution in [1.29, 1.82) is 0 Å². The van der Waals surface area contributed by atoms with E-state index < -0.39 is 5.91 Å². The molecule has 0 aliphatic carbocycles. The molecule has 146 valence electrons. The smallest absolute Gasteiger partial charge is 0.295 e. The molecule has 0 aliphatic heterocycles. The van der Waals surface area contributed by atoms with E-state index in [2.05, 4.69) is 31.4 Å². The number of hydrogen-bond donors (Lipinski definition) is 2. The number of anilines is 1. The molecule has 8 heteroatoms. The second-order valence-electron chi connectivity index (χ2n) is 6.56. The van der Waals surface area contributed by atoms with Crippen LogP contribution in [0.3, 0.4) is 0 Å². The van der Waals surface area contributed by atoms with Crippen molar-refractivity contribution in [2.24, 2.45) is 7.05 Å².